The Bertz CT molecular complexity index is 435. The lowest BCUT2D eigenvalue weighted by Gasteiger charge is -2.07. The Labute approximate surface area is 112 Å². The predicted molar refractivity (Wildman–Crippen MR) is 76.3 cm³/mol. The number of para-hydroxylation sites is 1. The van der Waals surface area contributed by atoms with Crippen LogP contribution in [0, 0.1) is 0 Å². The highest BCUT2D eigenvalue weighted by molar-refractivity contribution is 7.80. The summed E-state index contributed by atoms with van der Waals surface area (Å²) < 4.78 is 5.27. The van der Waals surface area contributed by atoms with Gasteiger partial charge in [0.25, 0.3) is 0 Å². The molecule has 1 aromatic carbocycles. The Hall–Kier alpha value is -1.82. The smallest absolute Gasteiger partial charge is 0.186 e. The van der Waals surface area contributed by atoms with Gasteiger partial charge in [-0.1, -0.05) is 6.07 Å². The summed E-state index contributed by atoms with van der Waals surface area (Å²) in [6, 6.07) is 5.22. The quantitative estimate of drug-likeness (QED) is 0.430. The summed E-state index contributed by atoms with van der Waals surface area (Å²) >= 11 is 4.95. The van der Waals surface area contributed by atoms with Crippen molar-refractivity contribution < 1.29 is 9.84 Å². The molecule has 0 saturated carbocycles. The van der Waals surface area contributed by atoms with Gasteiger partial charge in [-0.15, -0.1) is 0 Å². The van der Waals surface area contributed by atoms with Crippen molar-refractivity contribution in [2.24, 2.45) is 5.10 Å². The zero-order valence-electron chi connectivity index (χ0n) is 10.4. The van der Waals surface area contributed by atoms with Crippen LogP contribution in [0.5, 0.6) is 11.5 Å². The van der Waals surface area contributed by atoms with E-state index in [0.717, 1.165) is 6.54 Å². The number of phenols is 1. The number of nitrogens with one attached hydrogen (secondary N) is 2. The summed E-state index contributed by atoms with van der Waals surface area (Å²) in [5.74, 6) is 0.509. The number of aromatic hydroxyl groups is 1. The van der Waals surface area contributed by atoms with Gasteiger partial charge in [-0.2, -0.15) is 5.10 Å². The Kier molecular flexibility index (Phi) is 5.93. The second kappa shape index (κ2) is 7.50. The number of hydrogen-bond acceptors (Lipinski definition) is 4. The van der Waals surface area contributed by atoms with Crippen LogP contribution in [0.25, 0.3) is 0 Å². The molecule has 0 saturated heterocycles. The SMILES string of the molecule is CCNC(=S)NN=Cc1cccc(OCC)c1O. The molecule has 98 valence electrons. The highest BCUT2D eigenvalue weighted by atomic mass is 32.1. The summed E-state index contributed by atoms with van der Waals surface area (Å²) in [5.41, 5.74) is 3.21. The molecule has 5 nitrogen and oxygen atoms in total. The van der Waals surface area contributed by atoms with Crippen molar-refractivity contribution in [2.75, 3.05) is 13.2 Å². The normalized spacial score (nSPS) is 10.3. The molecule has 0 aliphatic carbocycles. The van der Waals surface area contributed by atoms with Crippen LogP contribution in [0.15, 0.2) is 23.3 Å². The lowest BCUT2D eigenvalue weighted by Crippen LogP contribution is -2.31. The molecule has 0 bridgehead atoms. The summed E-state index contributed by atoms with van der Waals surface area (Å²) in [5, 5.41) is 17.2. The maximum absolute atomic E-state index is 9.90. The molecule has 0 amide bonds. The molecule has 6 heteroatoms. The minimum atomic E-state index is 0.0688. The van der Waals surface area contributed by atoms with Crippen LogP contribution in [0.3, 0.4) is 0 Å². The molecule has 18 heavy (non-hydrogen) atoms. The van der Waals surface area contributed by atoms with E-state index >= 15 is 0 Å². The number of phenolic OH excluding ortho intramolecular Hbond substituents is 1. The molecule has 0 atom stereocenters. The standard InChI is InChI=1S/C12H17N3O2S/c1-3-13-12(18)15-14-8-9-6-5-7-10(11(9)16)17-4-2/h5-8,16H,3-4H2,1-2H3,(H2,13,15,18). The van der Waals surface area contributed by atoms with Crippen LogP contribution in [-0.2, 0) is 0 Å². The number of rotatable bonds is 5. The van der Waals surface area contributed by atoms with Gasteiger partial charge in [-0.25, -0.2) is 0 Å². The van der Waals surface area contributed by atoms with Crippen LogP contribution >= 0.6 is 12.2 Å². The fourth-order valence-corrected chi connectivity index (χ4v) is 1.47. The van der Waals surface area contributed by atoms with Gasteiger partial charge in [0.2, 0.25) is 0 Å². The molecule has 1 rings (SSSR count). The molecule has 0 fully saturated rings. The van der Waals surface area contributed by atoms with Gasteiger partial charge in [-0.05, 0) is 38.2 Å². The highest BCUT2D eigenvalue weighted by Gasteiger charge is 2.05. The number of hydrogen-bond donors (Lipinski definition) is 3. The highest BCUT2D eigenvalue weighted by Crippen LogP contribution is 2.28. The average Bonchev–Trinajstić information content (AvgIpc) is 2.34. The van der Waals surface area contributed by atoms with E-state index in [1.165, 1.54) is 6.21 Å². The van der Waals surface area contributed by atoms with Crippen LogP contribution in [-0.4, -0.2) is 29.6 Å². The Morgan fingerprint density at radius 3 is 2.94 bits per heavy atom. The van der Waals surface area contributed by atoms with Crippen LogP contribution < -0.4 is 15.5 Å². The molecule has 1 aromatic rings. The summed E-state index contributed by atoms with van der Waals surface area (Å²) in [6.07, 6.45) is 1.49. The van der Waals surface area contributed by atoms with Crippen molar-refractivity contribution in [3.05, 3.63) is 23.8 Å². The van der Waals surface area contributed by atoms with Crippen molar-refractivity contribution in [1.82, 2.24) is 10.7 Å². The van der Waals surface area contributed by atoms with E-state index in [1.807, 2.05) is 13.8 Å². The van der Waals surface area contributed by atoms with Crippen molar-refractivity contribution in [2.45, 2.75) is 13.8 Å². The maximum Gasteiger partial charge on any atom is 0.186 e. The van der Waals surface area contributed by atoms with Crippen LogP contribution in [0.1, 0.15) is 19.4 Å². The van der Waals surface area contributed by atoms with E-state index in [9.17, 15) is 5.11 Å². The topological polar surface area (TPSA) is 65.9 Å². The second-order valence-corrected chi connectivity index (χ2v) is 3.76. The molecule has 0 heterocycles. The Morgan fingerprint density at radius 1 is 1.50 bits per heavy atom. The fourth-order valence-electron chi connectivity index (χ4n) is 1.28. The van der Waals surface area contributed by atoms with Gasteiger partial charge in [0, 0.05) is 12.1 Å². The van der Waals surface area contributed by atoms with Gasteiger partial charge >= 0.3 is 0 Å². The first-order valence-electron chi connectivity index (χ1n) is 5.70. The van der Waals surface area contributed by atoms with E-state index in [-0.39, 0.29) is 5.75 Å². The number of ether oxygens (including phenoxy) is 1. The first-order chi connectivity index (χ1) is 8.69. The number of benzene rings is 1. The molecular formula is C12H17N3O2S. The Balaban J connectivity index is 2.69. The van der Waals surface area contributed by atoms with Gasteiger partial charge in [0.1, 0.15) is 0 Å². The third kappa shape index (κ3) is 4.21. The summed E-state index contributed by atoms with van der Waals surface area (Å²) in [4.78, 5) is 0. The first kappa shape index (κ1) is 14.2. The van der Waals surface area contributed by atoms with Crippen molar-refractivity contribution in [3.63, 3.8) is 0 Å². The Morgan fingerprint density at radius 2 is 2.28 bits per heavy atom. The fraction of sp³-hybridized carbons (Fsp3) is 0.333. The zero-order chi connectivity index (χ0) is 13.4. The molecular weight excluding hydrogens is 250 g/mol. The third-order valence-electron chi connectivity index (χ3n) is 2.04. The molecule has 0 unspecified atom stereocenters. The van der Waals surface area contributed by atoms with Gasteiger partial charge in [0.15, 0.2) is 16.6 Å². The van der Waals surface area contributed by atoms with E-state index in [2.05, 4.69) is 15.8 Å². The van der Waals surface area contributed by atoms with Gasteiger partial charge in [-0.3, -0.25) is 5.43 Å². The lowest BCUT2D eigenvalue weighted by molar-refractivity contribution is 0.318. The zero-order valence-corrected chi connectivity index (χ0v) is 11.3. The number of thiocarbonyl (C=S) groups is 1. The van der Waals surface area contributed by atoms with Crippen LogP contribution in [0.4, 0.5) is 0 Å². The van der Waals surface area contributed by atoms with Gasteiger partial charge in [0.05, 0.1) is 12.8 Å². The molecule has 3 N–H and O–H groups in total. The first-order valence-corrected chi connectivity index (χ1v) is 6.11. The van der Waals surface area contributed by atoms with Crippen molar-refractivity contribution >= 4 is 23.5 Å². The third-order valence-corrected chi connectivity index (χ3v) is 2.27. The van der Waals surface area contributed by atoms with E-state index < -0.39 is 0 Å². The van der Waals surface area contributed by atoms with Crippen molar-refractivity contribution in [3.8, 4) is 11.5 Å². The van der Waals surface area contributed by atoms with Gasteiger partial charge < -0.3 is 15.2 Å². The monoisotopic (exact) mass is 267 g/mol. The molecule has 0 aliphatic heterocycles. The largest absolute Gasteiger partial charge is 0.504 e. The number of nitrogens with zero attached hydrogens (tertiary/aromatic N) is 1. The minimum absolute atomic E-state index is 0.0688. The van der Waals surface area contributed by atoms with E-state index in [4.69, 9.17) is 17.0 Å². The second-order valence-electron chi connectivity index (χ2n) is 3.36. The van der Waals surface area contributed by atoms with E-state index in [1.54, 1.807) is 18.2 Å². The predicted octanol–water partition coefficient (Wildman–Crippen LogP) is 1.61. The summed E-state index contributed by atoms with van der Waals surface area (Å²) in [6.45, 7) is 5.02. The molecule has 0 aliphatic rings. The minimum Gasteiger partial charge on any atom is -0.504 e. The van der Waals surface area contributed by atoms with E-state index in [0.29, 0.717) is 23.0 Å². The van der Waals surface area contributed by atoms with Crippen LogP contribution in [0.2, 0.25) is 0 Å². The average molecular weight is 267 g/mol. The molecule has 0 aromatic heterocycles. The number of hydrazone groups is 1. The maximum atomic E-state index is 9.90. The lowest BCUT2D eigenvalue weighted by atomic mass is 10.2. The van der Waals surface area contributed by atoms with Crippen molar-refractivity contribution in [1.29, 1.82) is 0 Å². The molecule has 0 radical (unpaired) electrons. The summed E-state index contributed by atoms with van der Waals surface area (Å²) in [7, 11) is 0. The molecule has 0 spiro atoms.